The summed E-state index contributed by atoms with van der Waals surface area (Å²) < 4.78 is 5.63. The van der Waals surface area contributed by atoms with Crippen molar-refractivity contribution in [1.82, 2.24) is 10.2 Å². The van der Waals surface area contributed by atoms with E-state index in [1.807, 2.05) is 57.2 Å². The Morgan fingerprint density at radius 1 is 1.07 bits per heavy atom. The maximum Gasteiger partial charge on any atom is 0.241 e. The van der Waals surface area contributed by atoms with Gasteiger partial charge in [0, 0.05) is 0 Å². The van der Waals surface area contributed by atoms with Crippen LogP contribution >= 0.6 is 0 Å². The van der Waals surface area contributed by atoms with Gasteiger partial charge in [-0.2, -0.15) is 0 Å². The normalized spacial score (nSPS) is 18.5. The van der Waals surface area contributed by atoms with Crippen LogP contribution < -0.4 is 10.1 Å². The number of rotatable bonds is 5. The van der Waals surface area contributed by atoms with Gasteiger partial charge in [-0.1, -0.05) is 29.8 Å². The van der Waals surface area contributed by atoms with Crippen molar-refractivity contribution in [3.63, 3.8) is 0 Å². The van der Waals surface area contributed by atoms with Crippen LogP contribution in [-0.4, -0.2) is 28.8 Å². The Labute approximate surface area is 165 Å². The average Bonchev–Trinajstić information content (AvgIpc) is 2.66. The number of carbonyl (C=O) groups excluding carboxylic acids is 2. The molecule has 28 heavy (non-hydrogen) atoms. The van der Waals surface area contributed by atoms with Gasteiger partial charge >= 0.3 is 0 Å². The summed E-state index contributed by atoms with van der Waals surface area (Å²) in [5, 5.41) is 2.76. The molecular weight excluding hydrogens is 354 g/mol. The number of carbonyl (C=O) groups is 2. The minimum Gasteiger partial charge on any atom is -0.491 e. The van der Waals surface area contributed by atoms with E-state index >= 15 is 0 Å². The van der Waals surface area contributed by atoms with Crippen molar-refractivity contribution in [3.8, 4) is 5.75 Å². The van der Waals surface area contributed by atoms with Gasteiger partial charge in [-0.25, -0.2) is 4.99 Å². The molecule has 6 heteroatoms. The summed E-state index contributed by atoms with van der Waals surface area (Å²) in [5.74, 6) is -0.364. The van der Waals surface area contributed by atoms with E-state index in [9.17, 15) is 9.59 Å². The van der Waals surface area contributed by atoms with Gasteiger partial charge in [0.05, 0.1) is 18.3 Å². The molecule has 0 bridgehead atoms. The Kier molecular flexibility index (Phi) is 5.78. The van der Waals surface area contributed by atoms with Crippen LogP contribution in [0.25, 0.3) is 0 Å². The number of nitrogens with one attached hydrogen (secondary N) is 1. The van der Waals surface area contributed by atoms with Crippen LogP contribution in [0.2, 0.25) is 0 Å². The molecule has 6 nitrogen and oxygen atoms in total. The maximum absolute atomic E-state index is 12.7. The molecule has 146 valence electrons. The fraction of sp³-hybridized carbons (Fsp3) is 0.318. The molecule has 1 unspecified atom stereocenters. The molecule has 1 heterocycles. The van der Waals surface area contributed by atoms with Crippen molar-refractivity contribution in [2.24, 2.45) is 10.9 Å². The molecule has 2 amide bonds. The number of guanidine groups is 1. The van der Waals surface area contributed by atoms with Gasteiger partial charge in [0.15, 0.2) is 0 Å². The van der Waals surface area contributed by atoms with Gasteiger partial charge < -0.3 is 4.74 Å². The summed E-state index contributed by atoms with van der Waals surface area (Å²) in [4.78, 5) is 30.9. The molecule has 1 saturated heterocycles. The van der Waals surface area contributed by atoms with Gasteiger partial charge in [-0.05, 0) is 57.5 Å². The second-order valence-corrected chi connectivity index (χ2v) is 7.22. The zero-order chi connectivity index (χ0) is 20.3. The molecule has 3 rings (SSSR count). The Hall–Kier alpha value is -3.15. The molecule has 1 atom stereocenters. The van der Waals surface area contributed by atoms with Crippen LogP contribution in [0, 0.1) is 12.8 Å². The highest BCUT2D eigenvalue weighted by atomic mass is 16.5. The van der Waals surface area contributed by atoms with Crippen molar-refractivity contribution < 1.29 is 14.3 Å². The lowest BCUT2D eigenvalue weighted by Crippen LogP contribution is -2.57. The lowest BCUT2D eigenvalue weighted by Gasteiger charge is -2.31. The first-order valence-electron chi connectivity index (χ1n) is 9.36. The fourth-order valence-corrected chi connectivity index (χ4v) is 2.85. The third-order valence-corrected chi connectivity index (χ3v) is 4.43. The topological polar surface area (TPSA) is 71.0 Å². The van der Waals surface area contributed by atoms with E-state index in [-0.39, 0.29) is 23.9 Å². The van der Waals surface area contributed by atoms with E-state index in [1.165, 1.54) is 4.90 Å². The lowest BCUT2D eigenvalue weighted by molar-refractivity contribution is -0.140. The highest BCUT2D eigenvalue weighted by Crippen LogP contribution is 2.21. The highest BCUT2D eigenvalue weighted by Gasteiger charge is 2.36. The van der Waals surface area contributed by atoms with E-state index in [0.717, 1.165) is 16.9 Å². The van der Waals surface area contributed by atoms with E-state index in [0.29, 0.717) is 12.2 Å². The molecule has 1 N–H and O–H groups in total. The molecule has 1 aliphatic rings. The van der Waals surface area contributed by atoms with Gasteiger partial charge in [-0.3, -0.25) is 19.8 Å². The predicted molar refractivity (Wildman–Crippen MR) is 108 cm³/mol. The van der Waals surface area contributed by atoms with Crippen LogP contribution in [0.1, 0.15) is 31.9 Å². The second-order valence-electron chi connectivity index (χ2n) is 7.22. The van der Waals surface area contributed by atoms with E-state index in [2.05, 4.69) is 10.3 Å². The summed E-state index contributed by atoms with van der Waals surface area (Å²) in [7, 11) is 0. The van der Waals surface area contributed by atoms with E-state index in [4.69, 9.17) is 4.74 Å². The molecule has 0 aromatic heterocycles. The molecule has 1 fully saturated rings. The van der Waals surface area contributed by atoms with Gasteiger partial charge in [-0.15, -0.1) is 0 Å². The third kappa shape index (κ3) is 4.57. The quantitative estimate of drug-likeness (QED) is 0.808. The highest BCUT2D eigenvalue weighted by molar-refractivity contribution is 6.17. The Morgan fingerprint density at radius 2 is 1.71 bits per heavy atom. The number of amides is 2. The standard InChI is InChI=1S/C22H25N3O3/c1-14(2)28-19-11-9-18(10-12-19)23-22-24-20(26)16(4)21(27)25(22)13-17-7-5-15(3)6-8-17/h5-12,14,16H,13H2,1-4H3,(H,23,24,26). The molecule has 0 aliphatic carbocycles. The second kappa shape index (κ2) is 8.25. The summed E-state index contributed by atoms with van der Waals surface area (Å²) in [6.07, 6.45) is 0.0823. The minimum absolute atomic E-state index is 0.0823. The zero-order valence-electron chi connectivity index (χ0n) is 16.6. The summed E-state index contributed by atoms with van der Waals surface area (Å²) in [6.45, 7) is 7.88. The van der Waals surface area contributed by atoms with Crippen LogP contribution in [0.4, 0.5) is 5.69 Å². The average molecular weight is 379 g/mol. The van der Waals surface area contributed by atoms with Gasteiger partial charge in [0.1, 0.15) is 11.7 Å². The van der Waals surface area contributed by atoms with Gasteiger partial charge in [0.2, 0.25) is 17.8 Å². The molecule has 2 aromatic carbocycles. The van der Waals surface area contributed by atoms with Crippen LogP contribution in [0.5, 0.6) is 5.75 Å². The zero-order valence-corrected chi connectivity index (χ0v) is 16.6. The smallest absolute Gasteiger partial charge is 0.241 e. The lowest BCUT2D eigenvalue weighted by atomic mass is 10.1. The molecule has 1 aliphatic heterocycles. The Morgan fingerprint density at radius 3 is 2.32 bits per heavy atom. The van der Waals surface area contributed by atoms with E-state index in [1.54, 1.807) is 19.1 Å². The molecule has 0 spiro atoms. The number of benzene rings is 2. The monoisotopic (exact) mass is 379 g/mol. The van der Waals surface area contributed by atoms with Gasteiger partial charge in [0.25, 0.3) is 0 Å². The third-order valence-electron chi connectivity index (χ3n) is 4.43. The summed E-state index contributed by atoms with van der Waals surface area (Å²) in [5.41, 5.74) is 2.74. The fourth-order valence-electron chi connectivity index (χ4n) is 2.85. The van der Waals surface area contributed by atoms with Crippen LogP contribution in [0.15, 0.2) is 53.5 Å². The van der Waals surface area contributed by atoms with Crippen molar-refractivity contribution in [1.29, 1.82) is 0 Å². The molecule has 2 aromatic rings. The first kappa shape index (κ1) is 19.6. The van der Waals surface area contributed by atoms with Crippen molar-refractivity contribution in [2.75, 3.05) is 0 Å². The van der Waals surface area contributed by atoms with Crippen molar-refractivity contribution in [3.05, 3.63) is 59.7 Å². The van der Waals surface area contributed by atoms with E-state index < -0.39 is 5.92 Å². The Bertz CT molecular complexity index is 886. The number of aryl methyl sites for hydroxylation is 1. The largest absolute Gasteiger partial charge is 0.491 e. The van der Waals surface area contributed by atoms with Crippen molar-refractivity contribution in [2.45, 2.75) is 40.3 Å². The first-order valence-corrected chi connectivity index (χ1v) is 9.36. The number of hydrogen-bond donors (Lipinski definition) is 1. The summed E-state index contributed by atoms with van der Waals surface area (Å²) in [6, 6.07) is 15.2. The predicted octanol–water partition coefficient (Wildman–Crippen LogP) is 3.56. The maximum atomic E-state index is 12.7. The van der Waals surface area contributed by atoms with Crippen molar-refractivity contribution >= 4 is 23.5 Å². The Balaban J connectivity index is 1.88. The SMILES string of the molecule is Cc1ccc(CN2C(=O)C(C)C(=O)N/C2=N\c2ccc(OC(C)C)cc2)cc1. The molecular formula is C22H25N3O3. The first-order chi connectivity index (χ1) is 13.3. The number of aliphatic imine (C=N–C) groups is 1. The number of ether oxygens (including phenoxy) is 1. The van der Waals surface area contributed by atoms with Crippen LogP contribution in [-0.2, 0) is 16.1 Å². The molecule has 0 radical (unpaired) electrons. The number of nitrogens with zero attached hydrogens (tertiary/aromatic N) is 2. The van der Waals surface area contributed by atoms with Crippen LogP contribution in [0.3, 0.4) is 0 Å². The minimum atomic E-state index is -0.744. The molecule has 0 saturated carbocycles. The summed E-state index contributed by atoms with van der Waals surface area (Å²) >= 11 is 0. The number of hydrogen-bond acceptors (Lipinski definition) is 4.